The average Bonchev–Trinajstić information content (AvgIpc) is 3.40. The van der Waals surface area contributed by atoms with E-state index in [1.54, 1.807) is 36.4 Å². The van der Waals surface area contributed by atoms with Crippen molar-refractivity contribution in [1.82, 2.24) is 0 Å². The predicted molar refractivity (Wildman–Crippen MR) is 125 cm³/mol. The van der Waals surface area contributed by atoms with Gasteiger partial charge in [0, 0.05) is 17.9 Å². The summed E-state index contributed by atoms with van der Waals surface area (Å²) >= 11 is 0. The maximum Gasteiger partial charge on any atom is 0.338 e. The fourth-order valence-electron chi connectivity index (χ4n) is 7.03. The molecule has 8 nitrogen and oxygen atoms in total. The first-order valence-electron chi connectivity index (χ1n) is 12.3. The monoisotopic (exact) mass is 494 g/mol. The lowest BCUT2D eigenvalue weighted by Gasteiger charge is -2.61. The molecular weight excluding hydrogens is 464 g/mol. The van der Waals surface area contributed by atoms with E-state index in [4.69, 9.17) is 18.6 Å². The maximum atomic E-state index is 14.1. The molecule has 1 saturated heterocycles. The summed E-state index contributed by atoms with van der Waals surface area (Å²) in [7, 11) is 1.32. The molecule has 1 aliphatic heterocycles. The molecule has 190 valence electrons. The van der Waals surface area contributed by atoms with E-state index in [0.717, 1.165) is 5.56 Å². The Morgan fingerprint density at radius 2 is 1.81 bits per heavy atom. The zero-order valence-corrected chi connectivity index (χ0v) is 20.6. The molecular formula is C28H30O8. The van der Waals surface area contributed by atoms with E-state index in [2.05, 4.69) is 0 Å². The van der Waals surface area contributed by atoms with Crippen molar-refractivity contribution in [1.29, 1.82) is 0 Å². The van der Waals surface area contributed by atoms with E-state index in [9.17, 15) is 19.2 Å². The van der Waals surface area contributed by atoms with Crippen molar-refractivity contribution in [2.24, 2.45) is 28.6 Å². The molecule has 1 aromatic carbocycles. The van der Waals surface area contributed by atoms with Crippen molar-refractivity contribution in [3.05, 3.63) is 60.1 Å². The van der Waals surface area contributed by atoms with E-state index in [1.165, 1.54) is 19.6 Å². The second kappa shape index (κ2) is 8.91. The summed E-state index contributed by atoms with van der Waals surface area (Å²) in [6.07, 6.45) is 2.77. The van der Waals surface area contributed by atoms with Crippen molar-refractivity contribution < 1.29 is 37.8 Å². The van der Waals surface area contributed by atoms with Gasteiger partial charge in [0.05, 0.1) is 37.0 Å². The first-order chi connectivity index (χ1) is 17.2. The van der Waals surface area contributed by atoms with Gasteiger partial charge >= 0.3 is 17.9 Å². The topological polar surface area (TPSA) is 109 Å². The number of esters is 3. The zero-order valence-electron chi connectivity index (χ0n) is 20.6. The van der Waals surface area contributed by atoms with E-state index < -0.39 is 52.7 Å². The summed E-state index contributed by atoms with van der Waals surface area (Å²) in [6, 6.07) is 10.2. The molecule has 1 unspecified atom stereocenters. The molecule has 2 aliphatic carbocycles. The van der Waals surface area contributed by atoms with Crippen molar-refractivity contribution in [3.8, 4) is 0 Å². The lowest BCUT2D eigenvalue weighted by Crippen LogP contribution is -2.64. The lowest BCUT2D eigenvalue weighted by molar-refractivity contribution is -0.208. The second-order valence-electron chi connectivity index (χ2n) is 10.7. The Labute approximate surface area is 209 Å². The van der Waals surface area contributed by atoms with Crippen LogP contribution in [0, 0.1) is 28.6 Å². The van der Waals surface area contributed by atoms with Crippen molar-refractivity contribution in [2.75, 3.05) is 7.11 Å². The molecule has 1 aromatic heterocycles. The van der Waals surface area contributed by atoms with Crippen LogP contribution in [0.25, 0.3) is 0 Å². The minimum atomic E-state index is -1.12. The van der Waals surface area contributed by atoms with Crippen LogP contribution < -0.4 is 0 Å². The number of fused-ring (bicyclic) bond motifs is 3. The predicted octanol–water partition coefficient (Wildman–Crippen LogP) is 4.29. The van der Waals surface area contributed by atoms with Gasteiger partial charge in [-0.2, -0.15) is 0 Å². The third-order valence-electron chi connectivity index (χ3n) is 8.76. The summed E-state index contributed by atoms with van der Waals surface area (Å²) < 4.78 is 21.9. The average molecular weight is 495 g/mol. The third-order valence-corrected chi connectivity index (χ3v) is 8.76. The van der Waals surface area contributed by atoms with Crippen LogP contribution in [-0.4, -0.2) is 36.9 Å². The SMILES string of the molecule is COC(=O)[C@@H]1C[C@H](OC(=O)c2ccccc2)C(=O)[C@H]2[C@@]1(C)CC[C@H]1C(=O)OC(c3ccoc3)C[C@]21C. The Balaban J connectivity index is 1.54. The first kappa shape index (κ1) is 24.3. The van der Waals surface area contributed by atoms with Crippen molar-refractivity contribution in [3.63, 3.8) is 0 Å². The molecule has 3 aliphatic rings. The molecule has 0 N–H and O–H groups in total. The minimum absolute atomic E-state index is 0.0490. The normalized spacial score (nSPS) is 35.7. The van der Waals surface area contributed by atoms with Crippen LogP contribution in [0.1, 0.15) is 61.6 Å². The summed E-state index contributed by atoms with van der Waals surface area (Å²) in [5, 5.41) is 0. The highest BCUT2D eigenvalue weighted by Crippen LogP contribution is 2.65. The van der Waals surface area contributed by atoms with Gasteiger partial charge in [0.1, 0.15) is 6.10 Å². The molecule has 8 heteroatoms. The number of cyclic esters (lactones) is 1. The van der Waals surface area contributed by atoms with Gasteiger partial charge in [-0.05, 0) is 48.3 Å². The summed E-state index contributed by atoms with van der Waals surface area (Å²) in [5.74, 6) is -3.57. The summed E-state index contributed by atoms with van der Waals surface area (Å²) in [4.78, 5) is 53.3. The van der Waals surface area contributed by atoms with E-state index in [0.29, 0.717) is 24.8 Å². The molecule has 7 atom stereocenters. The molecule has 0 bridgehead atoms. The molecule has 0 amide bonds. The fraction of sp³-hybridized carbons (Fsp3) is 0.500. The van der Waals surface area contributed by atoms with Gasteiger partial charge in [-0.3, -0.25) is 14.4 Å². The Hall–Kier alpha value is -3.42. The van der Waals surface area contributed by atoms with Gasteiger partial charge in [-0.25, -0.2) is 4.79 Å². The quantitative estimate of drug-likeness (QED) is 0.457. The van der Waals surface area contributed by atoms with Crippen LogP contribution in [0.3, 0.4) is 0 Å². The number of furan rings is 1. The summed E-state index contributed by atoms with van der Waals surface area (Å²) in [6.45, 7) is 3.86. The molecule has 5 rings (SSSR count). The number of benzene rings is 1. The van der Waals surface area contributed by atoms with Crippen molar-refractivity contribution >= 4 is 23.7 Å². The number of hydrogen-bond acceptors (Lipinski definition) is 8. The van der Waals surface area contributed by atoms with Crippen LogP contribution in [0.2, 0.25) is 0 Å². The highest BCUT2D eigenvalue weighted by molar-refractivity contribution is 5.96. The van der Waals surface area contributed by atoms with Gasteiger partial charge in [0.2, 0.25) is 0 Å². The Kier molecular flexibility index (Phi) is 6.01. The van der Waals surface area contributed by atoms with Gasteiger partial charge < -0.3 is 18.6 Å². The van der Waals surface area contributed by atoms with Crippen LogP contribution in [0.5, 0.6) is 0 Å². The molecule has 3 fully saturated rings. The maximum absolute atomic E-state index is 14.1. The fourth-order valence-corrected chi connectivity index (χ4v) is 7.03. The number of ketones is 1. The molecule has 0 spiro atoms. The minimum Gasteiger partial charge on any atom is -0.472 e. The molecule has 2 heterocycles. The number of Topliss-reactive ketones (excluding diaryl/α,β-unsaturated/α-hetero) is 1. The van der Waals surface area contributed by atoms with Crippen LogP contribution >= 0.6 is 0 Å². The highest BCUT2D eigenvalue weighted by Gasteiger charge is 2.67. The number of carbonyl (C=O) groups is 4. The molecule has 2 aromatic rings. The molecule has 0 radical (unpaired) electrons. The second-order valence-corrected chi connectivity index (χ2v) is 10.7. The van der Waals surface area contributed by atoms with Gasteiger partial charge in [-0.15, -0.1) is 0 Å². The van der Waals surface area contributed by atoms with E-state index in [1.807, 2.05) is 13.8 Å². The number of hydrogen-bond donors (Lipinski definition) is 0. The number of methoxy groups -OCH3 is 1. The Morgan fingerprint density at radius 3 is 2.47 bits per heavy atom. The lowest BCUT2D eigenvalue weighted by atomic mass is 9.43. The molecule has 36 heavy (non-hydrogen) atoms. The van der Waals surface area contributed by atoms with E-state index in [-0.39, 0.29) is 18.2 Å². The van der Waals surface area contributed by atoms with Crippen LogP contribution in [-0.2, 0) is 28.6 Å². The summed E-state index contributed by atoms with van der Waals surface area (Å²) in [5.41, 5.74) is -0.535. The van der Waals surface area contributed by atoms with Gasteiger partial charge in [0.25, 0.3) is 0 Å². The number of carbonyl (C=O) groups excluding carboxylic acids is 4. The third kappa shape index (κ3) is 3.74. The standard InChI is InChI=1S/C28H30O8/c1-27-11-9-18-26(32)36-21(17-10-12-34-15-17)14-28(18,2)23(27)22(29)20(13-19(27)25(31)33-3)35-24(30)16-7-5-4-6-8-16/h4-8,10,12,15,18-21,23H,9,11,13-14H2,1-3H3/t18-,19-,20-,21?,23-,27-,28-/m0/s1. The van der Waals surface area contributed by atoms with Crippen molar-refractivity contribution in [2.45, 2.75) is 51.7 Å². The zero-order chi connectivity index (χ0) is 25.7. The Bertz CT molecular complexity index is 1170. The first-order valence-corrected chi connectivity index (χ1v) is 12.3. The van der Waals surface area contributed by atoms with Crippen LogP contribution in [0.4, 0.5) is 0 Å². The van der Waals surface area contributed by atoms with E-state index >= 15 is 0 Å². The largest absolute Gasteiger partial charge is 0.472 e. The van der Waals surface area contributed by atoms with Gasteiger partial charge in [0.15, 0.2) is 11.9 Å². The smallest absolute Gasteiger partial charge is 0.338 e. The van der Waals surface area contributed by atoms with Crippen LogP contribution in [0.15, 0.2) is 53.3 Å². The number of rotatable bonds is 4. The van der Waals surface area contributed by atoms with Gasteiger partial charge in [-0.1, -0.05) is 32.0 Å². The Morgan fingerprint density at radius 1 is 1.06 bits per heavy atom. The molecule has 2 saturated carbocycles. The number of ether oxygens (including phenoxy) is 3. The highest BCUT2D eigenvalue weighted by atomic mass is 16.6.